The number of hydrogen-bond acceptors (Lipinski definition) is 7. The normalized spacial score (nSPS) is 12.6. The van der Waals surface area contributed by atoms with Crippen LogP contribution >= 0.6 is 11.6 Å². The van der Waals surface area contributed by atoms with E-state index >= 15 is 0 Å². The van der Waals surface area contributed by atoms with Gasteiger partial charge in [0.1, 0.15) is 17.6 Å². The van der Waals surface area contributed by atoms with E-state index in [0.29, 0.717) is 34.1 Å². The predicted octanol–water partition coefficient (Wildman–Crippen LogP) is 3.12. The summed E-state index contributed by atoms with van der Waals surface area (Å²) in [4.78, 5) is 27.5. The molecule has 144 valence electrons. The van der Waals surface area contributed by atoms with Gasteiger partial charge < -0.3 is 9.30 Å². The monoisotopic (exact) mass is 400 g/mol. The molecule has 0 amide bonds. The lowest BCUT2D eigenvalue weighted by molar-refractivity contribution is 0.0685. The summed E-state index contributed by atoms with van der Waals surface area (Å²) in [5, 5.41) is 4.22. The molecule has 1 atom stereocenters. The summed E-state index contributed by atoms with van der Waals surface area (Å²) in [5.41, 5.74) is 3.20. The highest BCUT2D eigenvalue weighted by Gasteiger charge is 2.21. The third-order valence-electron chi connectivity index (χ3n) is 4.33. The van der Waals surface area contributed by atoms with Crippen LogP contribution < -0.4 is 5.76 Å². The summed E-state index contributed by atoms with van der Waals surface area (Å²) >= 11 is 6.14. The van der Waals surface area contributed by atoms with Crippen LogP contribution in [-0.2, 0) is 11.8 Å². The first-order valence-electron chi connectivity index (χ1n) is 8.64. The number of hydrogen-bond donors (Lipinski definition) is 1. The molecule has 9 nitrogen and oxygen atoms in total. The van der Waals surface area contributed by atoms with Crippen molar-refractivity contribution < 1.29 is 9.26 Å². The minimum Gasteiger partial charge on any atom is -0.371 e. The largest absolute Gasteiger partial charge is 0.439 e. The highest BCUT2D eigenvalue weighted by atomic mass is 35.5. The quantitative estimate of drug-likeness (QED) is 0.547. The first-order chi connectivity index (χ1) is 13.5. The van der Waals surface area contributed by atoms with Crippen molar-refractivity contribution in [1.82, 2.24) is 29.7 Å². The van der Waals surface area contributed by atoms with E-state index in [-0.39, 0.29) is 11.9 Å². The van der Waals surface area contributed by atoms with Gasteiger partial charge in [-0.3, -0.25) is 14.5 Å². The lowest BCUT2D eigenvalue weighted by atomic mass is 10.1. The maximum Gasteiger partial charge on any atom is 0.439 e. The van der Waals surface area contributed by atoms with Gasteiger partial charge in [0.25, 0.3) is 0 Å². The van der Waals surface area contributed by atoms with Crippen LogP contribution in [0.5, 0.6) is 0 Å². The summed E-state index contributed by atoms with van der Waals surface area (Å²) in [6.45, 7) is 4.44. The molecule has 10 heteroatoms. The Morgan fingerprint density at radius 1 is 1.32 bits per heavy atom. The van der Waals surface area contributed by atoms with Crippen LogP contribution in [0.1, 0.15) is 25.8 Å². The second kappa shape index (κ2) is 7.17. The molecule has 0 radical (unpaired) electrons. The molecule has 4 heterocycles. The zero-order valence-corrected chi connectivity index (χ0v) is 16.2. The lowest BCUT2D eigenvalue weighted by Crippen LogP contribution is -2.07. The van der Waals surface area contributed by atoms with E-state index in [9.17, 15) is 4.79 Å². The van der Waals surface area contributed by atoms with E-state index in [2.05, 4.69) is 24.6 Å². The maximum atomic E-state index is 11.4. The third-order valence-corrected chi connectivity index (χ3v) is 4.53. The molecule has 0 saturated carbocycles. The van der Waals surface area contributed by atoms with Gasteiger partial charge in [-0.05, 0) is 26.0 Å². The highest BCUT2D eigenvalue weighted by Crippen LogP contribution is 2.32. The van der Waals surface area contributed by atoms with E-state index in [1.54, 1.807) is 24.5 Å². The number of aromatic amines is 1. The molecular formula is C18H17ClN6O3. The first-order valence-corrected chi connectivity index (χ1v) is 9.02. The van der Waals surface area contributed by atoms with Crippen LogP contribution in [0, 0.1) is 0 Å². The van der Waals surface area contributed by atoms with Crippen LogP contribution in [-0.4, -0.2) is 36.3 Å². The van der Waals surface area contributed by atoms with Crippen LogP contribution in [0.3, 0.4) is 0 Å². The predicted molar refractivity (Wildman–Crippen MR) is 103 cm³/mol. The molecule has 0 bridgehead atoms. The van der Waals surface area contributed by atoms with Gasteiger partial charge in [-0.15, -0.1) is 0 Å². The Balaban J connectivity index is 2.01. The van der Waals surface area contributed by atoms with E-state index in [0.717, 1.165) is 11.3 Å². The van der Waals surface area contributed by atoms with Crippen molar-refractivity contribution in [3.8, 4) is 22.8 Å². The SMILES string of the molecule is CCOC(C)c1nc2cc(-c3noc(=O)[nH]3)nc(-c3cncc(Cl)c3)c2n1C. The molecule has 0 aromatic carbocycles. The first kappa shape index (κ1) is 18.3. The second-order valence-electron chi connectivity index (χ2n) is 6.19. The summed E-state index contributed by atoms with van der Waals surface area (Å²) in [7, 11) is 1.90. The molecule has 28 heavy (non-hydrogen) atoms. The van der Waals surface area contributed by atoms with Crippen molar-refractivity contribution in [2.24, 2.45) is 7.05 Å². The molecule has 0 aliphatic rings. The maximum absolute atomic E-state index is 11.4. The van der Waals surface area contributed by atoms with Crippen LogP contribution in [0.4, 0.5) is 0 Å². The summed E-state index contributed by atoms with van der Waals surface area (Å²) < 4.78 is 12.3. The minimum atomic E-state index is -0.658. The number of ether oxygens (including phenoxy) is 1. The fraction of sp³-hybridized carbons (Fsp3) is 0.278. The Hall–Kier alpha value is -3.04. The van der Waals surface area contributed by atoms with Crippen LogP contribution in [0.2, 0.25) is 5.02 Å². The molecule has 0 spiro atoms. The molecule has 0 fully saturated rings. The number of aryl methyl sites for hydroxylation is 1. The molecular weight excluding hydrogens is 384 g/mol. The third kappa shape index (κ3) is 3.19. The molecule has 4 aromatic heterocycles. The van der Waals surface area contributed by atoms with E-state index < -0.39 is 5.76 Å². The van der Waals surface area contributed by atoms with Crippen molar-refractivity contribution in [2.75, 3.05) is 6.61 Å². The van der Waals surface area contributed by atoms with Gasteiger partial charge in [-0.2, -0.15) is 0 Å². The van der Waals surface area contributed by atoms with Gasteiger partial charge in [-0.25, -0.2) is 14.8 Å². The Morgan fingerprint density at radius 2 is 2.14 bits per heavy atom. The average Bonchev–Trinajstić information content (AvgIpc) is 3.25. The fourth-order valence-corrected chi connectivity index (χ4v) is 3.32. The molecule has 0 aliphatic heterocycles. The molecule has 4 aromatic rings. The van der Waals surface area contributed by atoms with Gasteiger partial charge in [0.05, 0.1) is 21.7 Å². The zero-order valence-electron chi connectivity index (χ0n) is 15.4. The number of imidazole rings is 1. The summed E-state index contributed by atoms with van der Waals surface area (Å²) in [6.07, 6.45) is 3.01. The standard InChI is InChI=1S/C18H17ClN6O3/c1-4-27-9(2)17-22-12-6-13(16-23-18(26)28-24-16)21-14(15(12)25(17)3)10-5-11(19)8-20-7-10/h5-9H,4H2,1-3H3,(H,23,24,26). The highest BCUT2D eigenvalue weighted by molar-refractivity contribution is 6.30. The number of pyridine rings is 2. The molecule has 1 N–H and O–H groups in total. The summed E-state index contributed by atoms with van der Waals surface area (Å²) in [6, 6.07) is 3.51. The van der Waals surface area contributed by atoms with Gasteiger partial charge in [-0.1, -0.05) is 16.8 Å². The van der Waals surface area contributed by atoms with Gasteiger partial charge >= 0.3 is 5.76 Å². The molecule has 4 rings (SSSR count). The van der Waals surface area contributed by atoms with E-state index in [1.165, 1.54) is 0 Å². The number of halogens is 1. The van der Waals surface area contributed by atoms with E-state index in [4.69, 9.17) is 21.3 Å². The molecule has 0 saturated heterocycles. The number of rotatable bonds is 5. The van der Waals surface area contributed by atoms with Crippen molar-refractivity contribution >= 4 is 22.6 Å². The number of fused-ring (bicyclic) bond motifs is 1. The Morgan fingerprint density at radius 3 is 2.82 bits per heavy atom. The summed E-state index contributed by atoms with van der Waals surface area (Å²) in [5.74, 6) is 0.309. The minimum absolute atomic E-state index is 0.206. The van der Waals surface area contributed by atoms with Crippen molar-refractivity contribution in [3.63, 3.8) is 0 Å². The van der Waals surface area contributed by atoms with E-state index in [1.807, 2.05) is 25.5 Å². The smallest absolute Gasteiger partial charge is 0.371 e. The van der Waals surface area contributed by atoms with Crippen molar-refractivity contribution in [1.29, 1.82) is 0 Å². The van der Waals surface area contributed by atoms with Gasteiger partial charge in [0, 0.05) is 31.6 Å². The number of aromatic nitrogens is 6. The number of nitrogens with one attached hydrogen (secondary N) is 1. The van der Waals surface area contributed by atoms with Gasteiger partial charge in [0.2, 0.25) is 5.82 Å². The fourth-order valence-electron chi connectivity index (χ4n) is 3.15. The van der Waals surface area contributed by atoms with Gasteiger partial charge in [0.15, 0.2) is 0 Å². The zero-order chi connectivity index (χ0) is 19.8. The second-order valence-corrected chi connectivity index (χ2v) is 6.62. The molecule has 1 unspecified atom stereocenters. The van der Waals surface area contributed by atoms with Crippen LogP contribution in [0.25, 0.3) is 33.8 Å². The molecule has 0 aliphatic carbocycles. The Bertz CT molecular complexity index is 1210. The number of nitrogens with zero attached hydrogens (tertiary/aromatic N) is 5. The van der Waals surface area contributed by atoms with Crippen molar-refractivity contribution in [3.05, 3.63) is 45.9 Å². The number of H-pyrrole nitrogens is 1. The van der Waals surface area contributed by atoms with Crippen molar-refractivity contribution in [2.45, 2.75) is 20.0 Å². The Kier molecular flexibility index (Phi) is 4.70. The topological polar surface area (TPSA) is 112 Å². The van der Waals surface area contributed by atoms with Crippen LogP contribution in [0.15, 0.2) is 33.8 Å². The lowest BCUT2D eigenvalue weighted by Gasteiger charge is -2.12. The Labute approximate surface area is 164 Å². The average molecular weight is 401 g/mol.